The van der Waals surface area contributed by atoms with E-state index in [0.29, 0.717) is 23.5 Å². The predicted octanol–water partition coefficient (Wildman–Crippen LogP) is 4.68. The van der Waals surface area contributed by atoms with Crippen molar-refractivity contribution < 1.29 is 14.3 Å². The first-order chi connectivity index (χ1) is 14.2. The number of nitrogens with zero attached hydrogens (tertiary/aromatic N) is 2. The van der Waals surface area contributed by atoms with Crippen molar-refractivity contribution in [3.05, 3.63) is 84.9 Å². The summed E-state index contributed by atoms with van der Waals surface area (Å²) in [5, 5.41) is 12.3. The second-order valence-electron chi connectivity index (χ2n) is 6.53. The molecule has 6 nitrogen and oxygen atoms in total. The Bertz CT molecular complexity index is 1110. The molecule has 0 unspecified atom stereocenters. The van der Waals surface area contributed by atoms with Gasteiger partial charge in [0.1, 0.15) is 17.3 Å². The number of aryl methyl sites for hydroxylation is 1. The van der Waals surface area contributed by atoms with Crippen LogP contribution in [-0.2, 0) is 11.2 Å². The van der Waals surface area contributed by atoms with Crippen LogP contribution in [0.15, 0.2) is 83.5 Å². The molecule has 0 spiro atoms. The highest BCUT2D eigenvalue weighted by Crippen LogP contribution is 2.23. The first kappa shape index (κ1) is 18.4. The molecule has 2 heterocycles. The van der Waals surface area contributed by atoms with Gasteiger partial charge in [-0.25, -0.2) is 9.97 Å². The second-order valence-corrected chi connectivity index (χ2v) is 6.53. The number of nitrogens with one attached hydrogen (secondary N) is 1. The van der Waals surface area contributed by atoms with Crippen LogP contribution >= 0.6 is 0 Å². The molecule has 2 aromatic carbocycles. The van der Waals surface area contributed by atoms with Gasteiger partial charge >= 0.3 is 0 Å². The summed E-state index contributed by atoms with van der Waals surface area (Å²) in [6, 6.07) is 20.3. The van der Waals surface area contributed by atoms with Crippen LogP contribution in [0.5, 0.6) is 5.75 Å². The number of hydrogen-bond acceptors (Lipinski definition) is 5. The molecule has 0 radical (unpaired) electrons. The molecule has 0 saturated heterocycles. The molecule has 0 saturated carbocycles. The van der Waals surface area contributed by atoms with Crippen LogP contribution in [-0.4, -0.2) is 21.0 Å². The number of rotatable bonds is 6. The third-order valence-electron chi connectivity index (χ3n) is 4.36. The molecule has 2 aromatic heterocycles. The van der Waals surface area contributed by atoms with Crippen molar-refractivity contribution in [3.8, 4) is 28.5 Å². The molecule has 4 aromatic rings. The second kappa shape index (κ2) is 8.39. The van der Waals surface area contributed by atoms with E-state index in [4.69, 9.17) is 4.42 Å². The van der Waals surface area contributed by atoms with E-state index >= 15 is 0 Å². The molecule has 29 heavy (non-hydrogen) atoms. The van der Waals surface area contributed by atoms with Crippen molar-refractivity contribution >= 4 is 11.6 Å². The summed E-state index contributed by atoms with van der Waals surface area (Å²) in [4.78, 5) is 20.7. The minimum absolute atomic E-state index is 0.142. The fraction of sp³-hybridized carbons (Fsp3) is 0.0870. The fourth-order valence-corrected chi connectivity index (χ4v) is 2.92. The number of carbonyl (C=O) groups excluding carboxylic acids is 1. The van der Waals surface area contributed by atoms with Crippen molar-refractivity contribution in [3.63, 3.8) is 0 Å². The van der Waals surface area contributed by atoms with Crippen LogP contribution in [0.2, 0.25) is 0 Å². The number of carbonyl (C=O) groups is 1. The molecule has 4 rings (SSSR count). The zero-order valence-corrected chi connectivity index (χ0v) is 15.6. The highest BCUT2D eigenvalue weighted by atomic mass is 16.3. The minimum Gasteiger partial charge on any atom is -0.508 e. The molecule has 0 bridgehead atoms. The highest BCUT2D eigenvalue weighted by molar-refractivity contribution is 5.90. The van der Waals surface area contributed by atoms with E-state index in [1.807, 2.05) is 42.5 Å². The lowest BCUT2D eigenvalue weighted by Gasteiger charge is -2.05. The van der Waals surface area contributed by atoms with Crippen LogP contribution in [0.1, 0.15) is 12.2 Å². The topological polar surface area (TPSA) is 88.2 Å². The van der Waals surface area contributed by atoms with Crippen molar-refractivity contribution in [1.29, 1.82) is 0 Å². The lowest BCUT2D eigenvalue weighted by Crippen LogP contribution is -2.12. The van der Waals surface area contributed by atoms with E-state index in [1.54, 1.807) is 36.7 Å². The van der Waals surface area contributed by atoms with Gasteiger partial charge in [0.05, 0.1) is 18.1 Å². The van der Waals surface area contributed by atoms with Gasteiger partial charge < -0.3 is 14.8 Å². The van der Waals surface area contributed by atoms with E-state index < -0.39 is 0 Å². The number of aromatic nitrogens is 2. The molecule has 0 aliphatic heterocycles. The predicted molar refractivity (Wildman–Crippen MR) is 110 cm³/mol. The molecule has 2 N–H and O–H groups in total. The summed E-state index contributed by atoms with van der Waals surface area (Å²) in [6.45, 7) is 0. The first-order valence-electron chi connectivity index (χ1n) is 9.23. The Labute approximate surface area is 167 Å². The van der Waals surface area contributed by atoms with Crippen LogP contribution in [0.25, 0.3) is 22.7 Å². The molecule has 144 valence electrons. The van der Waals surface area contributed by atoms with Gasteiger partial charge in [-0.15, -0.1) is 0 Å². The fourth-order valence-electron chi connectivity index (χ4n) is 2.92. The number of phenolic OH excluding ortho intramolecular Hbond substituents is 1. The smallest absolute Gasteiger partial charge is 0.224 e. The number of furan rings is 1. The zero-order chi connectivity index (χ0) is 20.1. The zero-order valence-electron chi connectivity index (χ0n) is 15.6. The van der Waals surface area contributed by atoms with Crippen molar-refractivity contribution in [2.24, 2.45) is 0 Å². The maximum absolute atomic E-state index is 12.2. The number of aromatic hydroxyl groups is 1. The normalized spacial score (nSPS) is 10.6. The summed E-state index contributed by atoms with van der Waals surface area (Å²) in [7, 11) is 0. The number of anilines is 1. The molecule has 6 heteroatoms. The average molecular weight is 385 g/mol. The Hall–Kier alpha value is -3.93. The maximum Gasteiger partial charge on any atom is 0.224 e. The summed E-state index contributed by atoms with van der Waals surface area (Å²) in [5.41, 5.74) is 2.23. The van der Waals surface area contributed by atoms with E-state index in [9.17, 15) is 9.90 Å². The van der Waals surface area contributed by atoms with Crippen LogP contribution in [0.3, 0.4) is 0 Å². The molecular weight excluding hydrogens is 366 g/mol. The largest absolute Gasteiger partial charge is 0.508 e. The Morgan fingerprint density at radius 1 is 0.931 bits per heavy atom. The number of amides is 1. The summed E-state index contributed by atoms with van der Waals surface area (Å²) >= 11 is 0. The third-order valence-corrected chi connectivity index (χ3v) is 4.36. The minimum atomic E-state index is -0.142. The summed E-state index contributed by atoms with van der Waals surface area (Å²) < 4.78 is 5.82. The highest BCUT2D eigenvalue weighted by Gasteiger charge is 2.09. The molecule has 0 aliphatic rings. The van der Waals surface area contributed by atoms with Crippen LogP contribution in [0.4, 0.5) is 5.69 Å². The molecule has 0 fully saturated rings. The van der Waals surface area contributed by atoms with Gasteiger partial charge in [-0.1, -0.05) is 42.5 Å². The Balaban J connectivity index is 1.32. The standard InChI is InChI=1S/C23H19N3O3/c27-19-8-4-7-17(13-19)23-24-14-18(15-25-23)26-22(28)12-10-20-9-11-21(29-20)16-5-2-1-3-6-16/h1-9,11,13-15,27H,10,12H2,(H,26,28). The van der Waals surface area contributed by atoms with E-state index in [2.05, 4.69) is 15.3 Å². The van der Waals surface area contributed by atoms with Crippen molar-refractivity contribution in [1.82, 2.24) is 9.97 Å². The molecule has 1 amide bonds. The SMILES string of the molecule is O=C(CCc1ccc(-c2ccccc2)o1)Nc1cnc(-c2cccc(O)c2)nc1. The van der Waals surface area contributed by atoms with Crippen molar-refractivity contribution in [2.75, 3.05) is 5.32 Å². The van der Waals surface area contributed by atoms with Crippen LogP contribution < -0.4 is 5.32 Å². The Kier molecular flexibility index (Phi) is 5.33. The third kappa shape index (κ3) is 4.68. The lowest BCUT2D eigenvalue weighted by atomic mass is 10.2. The quantitative estimate of drug-likeness (QED) is 0.503. The summed E-state index contributed by atoms with van der Waals surface area (Å²) in [6.07, 6.45) is 3.88. The van der Waals surface area contributed by atoms with Gasteiger partial charge in [-0.05, 0) is 24.3 Å². The van der Waals surface area contributed by atoms with E-state index in [-0.39, 0.29) is 18.1 Å². The van der Waals surface area contributed by atoms with Gasteiger partial charge in [-0.2, -0.15) is 0 Å². The number of phenols is 1. The molecule has 0 aliphatic carbocycles. The van der Waals surface area contributed by atoms with Gasteiger partial charge in [0.15, 0.2) is 5.82 Å². The monoisotopic (exact) mass is 385 g/mol. The van der Waals surface area contributed by atoms with Gasteiger partial charge in [-0.3, -0.25) is 4.79 Å². The Morgan fingerprint density at radius 2 is 1.69 bits per heavy atom. The Morgan fingerprint density at radius 3 is 2.45 bits per heavy atom. The van der Waals surface area contributed by atoms with Gasteiger partial charge in [0.2, 0.25) is 5.91 Å². The average Bonchev–Trinajstić information content (AvgIpc) is 3.23. The maximum atomic E-state index is 12.2. The number of hydrogen-bond donors (Lipinski definition) is 2. The van der Waals surface area contributed by atoms with E-state index in [0.717, 1.165) is 17.1 Å². The van der Waals surface area contributed by atoms with Crippen LogP contribution in [0, 0.1) is 0 Å². The number of benzene rings is 2. The summed E-state index contributed by atoms with van der Waals surface area (Å²) in [5.74, 6) is 2.03. The molecular formula is C23H19N3O3. The van der Waals surface area contributed by atoms with Crippen molar-refractivity contribution in [2.45, 2.75) is 12.8 Å². The van der Waals surface area contributed by atoms with Gasteiger partial charge in [0.25, 0.3) is 0 Å². The first-order valence-corrected chi connectivity index (χ1v) is 9.23. The van der Waals surface area contributed by atoms with Gasteiger partial charge in [0, 0.05) is 24.0 Å². The lowest BCUT2D eigenvalue weighted by molar-refractivity contribution is -0.116. The van der Waals surface area contributed by atoms with E-state index in [1.165, 1.54) is 0 Å². The molecule has 0 atom stereocenters.